The standard InChI is InChI=1S/C26H27BrF3N3O3/c1-25(2)16-33(15-17-6-9-19(10-7-17)32-22(34)5-3-4-12-27)24(35)23(25)36-20-11-8-18(14-31)21(13-20)26(28,29)30/h6-11,13,23H,3-5,12,15-16H2,1-2H3,(H,32,34). The predicted molar refractivity (Wildman–Crippen MR) is 132 cm³/mol. The van der Waals surface area contributed by atoms with E-state index in [0.717, 1.165) is 35.9 Å². The van der Waals surface area contributed by atoms with Crippen LogP contribution in [0.15, 0.2) is 42.5 Å². The number of benzene rings is 2. The lowest BCUT2D eigenvalue weighted by Gasteiger charge is -2.24. The highest BCUT2D eigenvalue weighted by Crippen LogP contribution is 2.38. The molecule has 1 aliphatic heterocycles. The lowest BCUT2D eigenvalue weighted by molar-refractivity contribution is -0.138. The van der Waals surface area contributed by atoms with Crippen LogP contribution in [0.3, 0.4) is 0 Å². The number of nitrogens with zero attached hydrogens (tertiary/aromatic N) is 2. The molecule has 1 unspecified atom stereocenters. The zero-order valence-corrected chi connectivity index (χ0v) is 21.6. The molecule has 1 fully saturated rings. The Hall–Kier alpha value is -3.06. The topological polar surface area (TPSA) is 82.4 Å². The maximum Gasteiger partial charge on any atom is 0.417 e. The number of anilines is 1. The second-order valence-corrected chi connectivity index (χ2v) is 10.2. The molecule has 1 heterocycles. The summed E-state index contributed by atoms with van der Waals surface area (Å²) in [7, 11) is 0. The number of unbranched alkanes of at least 4 members (excludes halogenated alkanes) is 1. The van der Waals surface area contributed by atoms with Crippen molar-refractivity contribution in [2.45, 2.75) is 51.9 Å². The van der Waals surface area contributed by atoms with Crippen molar-refractivity contribution in [2.24, 2.45) is 5.41 Å². The molecule has 36 heavy (non-hydrogen) atoms. The van der Waals surface area contributed by atoms with Crippen molar-refractivity contribution < 1.29 is 27.5 Å². The smallest absolute Gasteiger partial charge is 0.417 e. The van der Waals surface area contributed by atoms with E-state index in [9.17, 15) is 22.8 Å². The van der Waals surface area contributed by atoms with Crippen molar-refractivity contribution in [3.8, 4) is 11.8 Å². The van der Waals surface area contributed by atoms with Crippen LogP contribution in [0.1, 0.15) is 49.8 Å². The fourth-order valence-corrected chi connectivity index (χ4v) is 4.48. The number of hydrogen-bond acceptors (Lipinski definition) is 4. The van der Waals surface area contributed by atoms with Gasteiger partial charge in [-0.1, -0.05) is 41.9 Å². The molecule has 0 radical (unpaired) electrons. The van der Waals surface area contributed by atoms with Crippen molar-refractivity contribution in [3.63, 3.8) is 0 Å². The number of ether oxygens (including phenoxy) is 1. The van der Waals surface area contributed by atoms with Crippen LogP contribution in [0.2, 0.25) is 0 Å². The van der Waals surface area contributed by atoms with E-state index in [4.69, 9.17) is 10.00 Å². The molecule has 3 rings (SSSR count). The number of hydrogen-bond donors (Lipinski definition) is 1. The number of nitrogens with one attached hydrogen (secondary N) is 1. The normalized spacial score (nSPS) is 17.1. The molecule has 0 bridgehead atoms. The van der Waals surface area contributed by atoms with Crippen molar-refractivity contribution in [3.05, 3.63) is 59.2 Å². The first-order chi connectivity index (χ1) is 16.9. The minimum atomic E-state index is -4.72. The van der Waals surface area contributed by atoms with Gasteiger partial charge in [0.2, 0.25) is 5.91 Å². The SMILES string of the molecule is CC1(C)CN(Cc2ccc(NC(=O)CCCCBr)cc2)C(=O)C1Oc1ccc(C#N)c(C(F)(F)F)c1. The van der Waals surface area contributed by atoms with Crippen LogP contribution in [0.4, 0.5) is 18.9 Å². The van der Waals surface area contributed by atoms with E-state index in [-0.39, 0.29) is 17.6 Å². The van der Waals surface area contributed by atoms with Gasteiger partial charge in [0.1, 0.15) is 5.75 Å². The lowest BCUT2D eigenvalue weighted by atomic mass is 9.89. The Morgan fingerprint density at radius 1 is 1.22 bits per heavy atom. The zero-order valence-electron chi connectivity index (χ0n) is 20.0. The second-order valence-electron chi connectivity index (χ2n) is 9.39. The van der Waals surface area contributed by atoms with Crippen molar-refractivity contribution in [1.29, 1.82) is 5.26 Å². The largest absolute Gasteiger partial charge is 0.480 e. The van der Waals surface area contributed by atoms with E-state index in [1.165, 1.54) is 12.1 Å². The molecule has 0 aromatic heterocycles. The fraction of sp³-hybridized carbons (Fsp3) is 0.423. The summed E-state index contributed by atoms with van der Waals surface area (Å²) < 4.78 is 45.7. The summed E-state index contributed by atoms with van der Waals surface area (Å²) in [6, 6.07) is 11.8. The van der Waals surface area contributed by atoms with E-state index in [2.05, 4.69) is 21.2 Å². The minimum absolute atomic E-state index is 0.0587. The highest BCUT2D eigenvalue weighted by atomic mass is 79.9. The summed E-state index contributed by atoms with van der Waals surface area (Å²) in [4.78, 5) is 26.7. The van der Waals surface area contributed by atoms with Gasteiger partial charge in [-0.25, -0.2) is 0 Å². The van der Waals surface area contributed by atoms with Gasteiger partial charge in [0, 0.05) is 35.9 Å². The Kier molecular flexibility index (Phi) is 8.67. The van der Waals surface area contributed by atoms with E-state index >= 15 is 0 Å². The molecule has 0 saturated carbocycles. The average molecular weight is 566 g/mol. The summed E-state index contributed by atoms with van der Waals surface area (Å²) in [6.45, 7) is 4.28. The highest BCUT2D eigenvalue weighted by Gasteiger charge is 2.48. The average Bonchev–Trinajstić information content (AvgIpc) is 3.02. The van der Waals surface area contributed by atoms with Gasteiger partial charge in [0.05, 0.1) is 17.2 Å². The number of rotatable bonds is 9. The minimum Gasteiger partial charge on any atom is -0.480 e. The van der Waals surface area contributed by atoms with Gasteiger partial charge in [-0.3, -0.25) is 9.59 Å². The van der Waals surface area contributed by atoms with Gasteiger partial charge in [-0.05, 0) is 48.7 Å². The van der Waals surface area contributed by atoms with Gasteiger partial charge in [0.15, 0.2) is 6.10 Å². The number of nitriles is 1. The van der Waals surface area contributed by atoms with Gasteiger partial charge in [-0.15, -0.1) is 0 Å². The monoisotopic (exact) mass is 565 g/mol. The summed E-state index contributed by atoms with van der Waals surface area (Å²) in [5, 5.41) is 12.7. The number of carbonyl (C=O) groups is 2. The summed E-state index contributed by atoms with van der Waals surface area (Å²) in [5.41, 5.74) is -0.759. The van der Waals surface area contributed by atoms with Crippen molar-refractivity contribution in [1.82, 2.24) is 4.90 Å². The molecule has 1 saturated heterocycles. The van der Waals surface area contributed by atoms with Crippen LogP contribution in [0.25, 0.3) is 0 Å². The first-order valence-corrected chi connectivity index (χ1v) is 12.6. The molecule has 2 aromatic carbocycles. The first kappa shape index (κ1) is 27.5. The van der Waals surface area contributed by atoms with Gasteiger partial charge >= 0.3 is 6.18 Å². The molecule has 0 aliphatic carbocycles. The van der Waals surface area contributed by atoms with Crippen LogP contribution in [0, 0.1) is 16.7 Å². The Balaban J connectivity index is 1.67. The molecule has 6 nitrogen and oxygen atoms in total. The number of halogens is 4. The van der Waals surface area contributed by atoms with Crippen LogP contribution in [-0.2, 0) is 22.3 Å². The molecule has 1 aliphatic rings. The molecule has 2 amide bonds. The first-order valence-electron chi connectivity index (χ1n) is 11.5. The highest BCUT2D eigenvalue weighted by molar-refractivity contribution is 9.09. The Morgan fingerprint density at radius 3 is 2.53 bits per heavy atom. The molecule has 192 valence electrons. The Bertz CT molecular complexity index is 1140. The van der Waals surface area contributed by atoms with E-state index in [1.54, 1.807) is 17.0 Å². The third-order valence-electron chi connectivity index (χ3n) is 5.91. The number of alkyl halides is 4. The van der Waals surface area contributed by atoms with E-state index in [1.807, 2.05) is 26.0 Å². The number of amides is 2. The second kappa shape index (κ2) is 11.3. The predicted octanol–water partition coefficient (Wildman–Crippen LogP) is 5.90. The fourth-order valence-electron chi connectivity index (χ4n) is 4.08. The summed E-state index contributed by atoms with van der Waals surface area (Å²) >= 11 is 3.34. The molecule has 0 spiro atoms. The third-order valence-corrected chi connectivity index (χ3v) is 6.47. The summed E-state index contributed by atoms with van der Waals surface area (Å²) in [5.74, 6) is -0.510. The van der Waals surface area contributed by atoms with E-state index < -0.39 is 28.8 Å². The maximum atomic E-state index is 13.3. The van der Waals surface area contributed by atoms with Gasteiger partial charge in [0.25, 0.3) is 5.91 Å². The molecule has 1 atom stereocenters. The van der Waals surface area contributed by atoms with Crippen LogP contribution in [0.5, 0.6) is 5.75 Å². The maximum absolute atomic E-state index is 13.3. The Labute approximate surface area is 216 Å². The zero-order chi connectivity index (χ0) is 26.5. The molecular formula is C26H27BrF3N3O3. The van der Waals surface area contributed by atoms with Gasteiger partial charge < -0.3 is 15.0 Å². The third kappa shape index (κ3) is 6.78. The number of carbonyl (C=O) groups excluding carboxylic acids is 2. The van der Waals surface area contributed by atoms with Crippen molar-refractivity contribution >= 4 is 33.4 Å². The number of likely N-dealkylation sites (tertiary alicyclic amines) is 1. The van der Waals surface area contributed by atoms with E-state index in [0.29, 0.717) is 25.2 Å². The van der Waals surface area contributed by atoms with Crippen molar-refractivity contribution in [2.75, 3.05) is 17.2 Å². The summed E-state index contributed by atoms with van der Waals surface area (Å²) in [6.07, 6.45) is -3.54. The molecule has 1 N–H and O–H groups in total. The molecule has 2 aromatic rings. The van der Waals surface area contributed by atoms with Crippen LogP contribution in [-0.4, -0.2) is 34.7 Å². The lowest BCUT2D eigenvalue weighted by Crippen LogP contribution is -2.36. The Morgan fingerprint density at radius 2 is 1.92 bits per heavy atom. The van der Waals surface area contributed by atoms with Crippen LogP contribution >= 0.6 is 15.9 Å². The molecular weight excluding hydrogens is 539 g/mol. The quantitative estimate of drug-likeness (QED) is 0.303. The van der Waals surface area contributed by atoms with Gasteiger partial charge in [-0.2, -0.15) is 18.4 Å². The van der Waals surface area contributed by atoms with Crippen LogP contribution < -0.4 is 10.1 Å². The molecule has 10 heteroatoms.